The van der Waals surface area contributed by atoms with Gasteiger partial charge in [-0.2, -0.15) is 5.10 Å². The van der Waals surface area contributed by atoms with Gasteiger partial charge < -0.3 is 9.64 Å². The molecule has 1 amide bonds. The van der Waals surface area contributed by atoms with Crippen LogP contribution < -0.4 is 0 Å². The summed E-state index contributed by atoms with van der Waals surface area (Å²) in [6.45, 7) is 4.20. The number of aromatic nitrogens is 2. The number of Topliss-reactive ketones (excluding diaryl/α,β-unsaturated/α-hetero) is 1. The normalized spacial score (nSPS) is 25.6. The summed E-state index contributed by atoms with van der Waals surface area (Å²) >= 11 is 0. The van der Waals surface area contributed by atoms with Crippen LogP contribution in [0.15, 0.2) is 12.4 Å². The molecule has 3 rings (SSSR count). The number of hydrogen-bond donors (Lipinski definition) is 0. The molecule has 0 N–H and O–H groups in total. The Balaban J connectivity index is 1.63. The Kier molecular flexibility index (Phi) is 5.10. The Morgan fingerprint density at radius 3 is 3.04 bits per heavy atom. The monoisotopic (exact) mass is 319 g/mol. The lowest BCUT2D eigenvalue weighted by atomic mass is 9.82. The number of hydrogen-bond acceptors (Lipinski definition) is 4. The molecule has 0 spiro atoms. The van der Waals surface area contributed by atoms with Gasteiger partial charge in [-0.3, -0.25) is 14.3 Å². The topological polar surface area (TPSA) is 64.4 Å². The van der Waals surface area contributed by atoms with Crippen molar-refractivity contribution in [1.82, 2.24) is 14.7 Å². The first kappa shape index (κ1) is 16.2. The predicted octanol–water partition coefficient (Wildman–Crippen LogP) is 1.57. The van der Waals surface area contributed by atoms with Crippen molar-refractivity contribution in [2.24, 2.45) is 5.92 Å². The van der Waals surface area contributed by atoms with Gasteiger partial charge >= 0.3 is 0 Å². The van der Waals surface area contributed by atoms with E-state index in [1.54, 1.807) is 10.9 Å². The third-order valence-electron chi connectivity index (χ3n) is 4.87. The predicted molar refractivity (Wildman–Crippen MR) is 84.9 cm³/mol. The maximum atomic E-state index is 12.7. The molecule has 1 aromatic heterocycles. The zero-order chi connectivity index (χ0) is 16.2. The number of amides is 1. The summed E-state index contributed by atoms with van der Waals surface area (Å²) in [6.07, 6.45) is 7.73. The molecule has 23 heavy (non-hydrogen) atoms. The summed E-state index contributed by atoms with van der Waals surface area (Å²) in [5.74, 6) is 0.358. The van der Waals surface area contributed by atoms with Crippen LogP contribution in [0.1, 0.15) is 37.7 Å². The van der Waals surface area contributed by atoms with Crippen molar-refractivity contribution in [2.45, 2.75) is 51.6 Å². The lowest BCUT2D eigenvalue weighted by molar-refractivity contribution is -0.146. The van der Waals surface area contributed by atoms with E-state index in [1.165, 1.54) is 0 Å². The molecule has 1 saturated carbocycles. The summed E-state index contributed by atoms with van der Waals surface area (Å²) in [4.78, 5) is 26.8. The number of carbonyl (C=O) groups excluding carboxylic acids is 2. The van der Waals surface area contributed by atoms with E-state index in [0.29, 0.717) is 44.9 Å². The minimum atomic E-state index is -0.0802. The van der Waals surface area contributed by atoms with Gasteiger partial charge in [-0.05, 0) is 25.3 Å². The van der Waals surface area contributed by atoms with E-state index in [0.717, 1.165) is 24.8 Å². The van der Waals surface area contributed by atoms with Crippen molar-refractivity contribution in [3.05, 3.63) is 18.0 Å². The smallest absolute Gasteiger partial charge is 0.224 e. The van der Waals surface area contributed by atoms with Crippen LogP contribution in [0.25, 0.3) is 0 Å². The highest BCUT2D eigenvalue weighted by molar-refractivity contribution is 5.84. The second-order valence-electron chi connectivity index (χ2n) is 6.58. The lowest BCUT2D eigenvalue weighted by Crippen LogP contribution is -2.54. The Labute approximate surface area is 136 Å². The van der Waals surface area contributed by atoms with Crippen LogP contribution in [0.5, 0.6) is 0 Å². The van der Waals surface area contributed by atoms with Gasteiger partial charge in [0.15, 0.2) is 0 Å². The van der Waals surface area contributed by atoms with Crippen LogP contribution in [0.3, 0.4) is 0 Å². The molecule has 0 aromatic carbocycles. The number of aryl methyl sites for hydroxylation is 2. The van der Waals surface area contributed by atoms with Crippen molar-refractivity contribution in [3.63, 3.8) is 0 Å². The van der Waals surface area contributed by atoms with Crippen molar-refractivity contribution in [1.29, 1.82) is 0 Å². The molecule has 6 heteroatoms. The van der Waals surface area contributed by atoms with Gasteiger partial charge in [-0.1, -0.05) is 6.42 Å². The summed E-state index contributed by atoms with van der Waals surface area (Å²) in [6, 6.07) is -0.0802. The van der Waals surface area contributed by atoms with E-state index in [4.69, 9.17) is 4.74 Å². The van der Waals surface area contributed by atoms with Crippen molar-refractivity contribution < 1.29 is 14.3 Å². The van der Waals surface area contributed by atoms with Gasteiger partial charge in [0.1, 0.15) is 5.78 Å². The average molecular weight is 319 g/mol. The molecule has 0 radical (unpaired) electrons. The van der Waals surface area contributed by atoms with Crippen LogP contribution in [0.2, 0.25) is 0 Å². The molecular weight excluding hydrogens is 294 g/mol. The van der Waals surface area contributed by atoms with E-state index in [2.05, 4.69) is 5.10 Å². The highest BCUT2D eigenvalue weighted by atomic mass is 16.5. The third kappa shape index (κ3) is 3.80. The second-order valence-corrected chi connectivity index (χ2v) is 6.58. The molecule has 1 saturated heterocycles. The van der Waals surface area contributed by atoms with Crippen molar-refractivity contribution in [3.8, 4) is 0 Å². The second kappa shape index (κ2) is 7.25. The van der Waals surface area contributed by atoms with Crippen LogP contribution in [-0.2, 0) is 20.9 Å². The standard InChI is InChI=1S/C17H25N3O3/c1-13-10-18-19(11-13)7-6-17(22)20-8-9-23-12-15(20)14-4-2-3-5-16(14)21/h10-11,14-15H,2-9,12H2,1H3. The Bertz CT molecular complexity index is 569. The fourth-order valence-electron chi connectivity index (χ4n) is 3.63. The van der Waals surface area contributed by atoms with Gasteiger partial charge in [-0.15, -0.1) is 0 Å². The minimum Gasteiger partial charge on any atom is -0.377 e. The number of carbonyl (C=O) groups is 2. The SMILES string of the molecule is Cc1cnn(CCC(=O)N2CCOCC2C2CCCCC2=O)c1. The zero-order valence-corrected chi connectivity index (χ0v) is 13.7. The Hall–Kier alpha value is -1.69. The van der Waals surface area contributed by atoms with E-state index < -0.39 is 0 Å². The average Bonchev–Trinajstić information content (AvgIpc) is 2.99. The molecule has 1 aliphatic heterocycles. The number of ether oxygens (including phenoxy) is 1. The van der Waals surface area contributed by atoms with E-state index in [9.17, 15) is 9.59 Å². The van der Waals surface area contributed by atoms with Crippen molar-refractivity contribution in [2.75, 3.05) is 19.8 Å². The Morgan fingerprint density at radius 2 is 2.30 bits per heavy atom. The van der Waals surface area contributed by atoms with Crippen LogP contribution in [0, 0.1) is 12.8 Å². The summed E-state index contributed by atoms with van der Waals surface area (Å²) in [5, 5.41) is 4.22. The van der Waals surface area contributed by atoms with Gasteiger partial charge in [0, 0.05) is 38.0 Å². The van der Waals surface area contributed by atoms with Gasteiger partial charge in [-0.25, -0.2) is 0 Å². The highest BCUT2D eigenvalue weighted by Gasteiger charge is 2.37. The van der Waals surface area contributed by atoms with E-state index in [1.807, 2.05) is 18.0 Å². The fourth-order valence-corrected chi connectivity index (χ4v) is 3.63. The molecule has 2 aliphatic rings. The molecule has 1 aliphatic carbocycles. The first-order valence-electron chi connectivity index (χ1n) is 8.54. The first-order valence-corrected chi connectivity index (χ1v) is 8.54. The molecule has 6 nitrogen and oxygen atoms in total. The third-order valence-corrected chi connectivity index (χ3v) is 4.87. The maximum absolute atomic E-state index is 12.7. The molecule has 126 valence electrons. The quantitative estimate of drug-likeness (QED) is 0.845. The van der Waals surface area contributed by atoms with Gasteiger partial charge in [0.05, 0.1) is 25.5 Å². The zero-order valence-electron chi connectivity index (χ0n) is 13.7. The summed E-state index contributed by atoms with van der Waals surface area (Å²) in [7, 11) is 0. The molecule has 0 bridgehead atoms. The van der Waals surface area contributed by atoms with Crippen LogP contribution in [-0.4, -0.2) is 52.2 Å². The van der Waals surface area contributed by atoms with Crippen LogP contribution >= 0.6 is 0 Å². The molecule has 2 unspecified atom stereocenters. The largest absolute Gasteiger partial charge is 0.377 e. The first-order chi connectivity index (χ1) is 11.1. The van der Waals surface area contributed by atoms with Crippen LogP contribution in [0.4, 0.5) is 0 Å². The molecule has 2 fully saturated rings. The number of nitrogens with zero attached hydrogens (tertiary/aromatic N) is 3. The minimum absolute atomic E-state index is 0.0417. The molecule has 2 heterocycles. The van der Waals surface area contributed by atoms with E-state index in [-0.39, 0.29) is 17.9 Å². The molecule has 2 atom stereocenters. The number of ketones is 1. The summed E-state index contributed by atoms with van der Waals surface area (Å²) < 4.78 is 7.37. The molecular formula is C17H25N3O3. The van der Waals surface area contributed by atoms with E-state index >= 15 is 0 Å². The maximum Gasteiger partial charge on any atom is 0.224 e. The number of morpholine rings is 1. The fraction of sp³-hybridized carbons (Fsp3) is 0.706. The van der Waals surface area contributed by atoms with Gasteiger partial charge in [0.2, 0.25) is 5.91 Å². The highest BCUT2D eigenvalue weighted by Crippen LogP contribution is 2.28. The Morgan fingerprint density at radius 1 is 1.43 bits per heavy atom. The summed E-state index contributed by atoms with van der Waals surface area (Å²) in [5.41, 5.74) is 1.09. The van der Waals surface area contributed by atoms with Gasteiger partial charge in [0.25, 0.3) is 0 Å². The molecule has 1 aromatic rings. The van der Waals surface area contributed by atoms with Crippen molar-refractivity contribution >= 4 is 11.7 Å². The lowest BCUT2D eigenvalue weighted by Gasteiger charge is -2.40. The number of rotatable bonds is 4.